The Kier molecular flexibility index (Phi) is 5.36. The average molecular weight is 340 g/mol. The third kappa shape index (κ3) is 4.06. The Hall–Kier alpha value is -2.07. The lowest BCUT2D eigenvalue weighted by Gasteiger charge is -2.19. The molecule has 0 fully saturated rings. The number of rotatable bonds is 5. The highest BCUT2D eigenvalue weighted by molar-refractivity contribution is 7.80. The molecule has 0 radical (unpaired) electrons. The van der Waals surface area contributed by atoms with Crippen LogP contribution in [0.25, 0.3) is 0 Å². The zero-order valence-electron chi connectivity index (χ0n) is 14.4. The molecule has 1 aliphatic heterocycles. The van der Waals surface area contributed by atoms with E-state index in [0.29, 0.717) is 5.11 Å². The number of anilines is 2. The molecule has 0 saturated carbocycles. The predicted octanol–water partition coefficient (Wildman–Crippen LogP) is 4.04. The van der Waals surface area contributed by atoms with Crippen LogP contribution in [0.15, 0.2) is 42.5 Å². The molecular formula is C20H25N3S. The van der Waals surface area contributed by atoms with E-state index in [-0.39, 0.29) is 0 Å². The Morgan fingerprint density at radius 1 is 1.12 bits per heavy atom. The van der Waals surface area contributed by atoms with Crippen LogP contribution in [-0.4, -0.2) is 24.7 Å². The topological polar surface area (TPSA) is 27.3 Å². The van der Waals surface area contributed by atoms with Crippen molar-refractivity contribution >= 4 is 28.7 Å². The van der Waals surface area contributed by atoms with Crippen molar-refractivity contribution in [2.24, 2.45) is 0 Å². The molecule has 3 rings (SSSR count). The first-order chi connectivity index (χ1) is 11.6. The number of fused-ring (bicyclic) bond motifs is 1. The Bertz CT molecular complexity index is 727. The van der Waals surface area contributed by atoms with Gasteiger partial charge in [0.1, 0.15) is 0 Å². The zero-order chi connectivity index (χ0) is 16.9. The molecule has 0 aliphatic carbocycles. The predicted molar refractivity (Wildman–Crippen MR) is 107 cm³/mol. The molecule has 0 amide bonds. The molecule has 2 aromatic carbocycles. The van der Waals surface area contributed by atoms with Crippen molar-refractivity contribution in [3.63, 3.8) is 0 Å². The SMILES string of the molecule is Cc1ccc(NC(=S)NCCCN2CCc3ccccc32)cc1C. The van der Waals surface area contributed by atoms with Crippen molar-refractivity contribution < 1.29 is 0 Å². The minimum Gasteiger partial charge on any atom is -0.371 e. The van der Waals surface area contributed by atoms with E-state index in [9.17, 15) is 0 Å². The number of benzene rings is 2. The summed E-state index contributed by atoms with van der Waals surface area (Å²) in [5.74, 6) is 0. The molecule has 0 bridgehead atoms. The van der Waals surface area contributed by atoms with Gasteiger partial charge in [-0.3, -0.25) is 0 Å². The first-order valence-electron chi connectivity index (χ1n) is 8.58. The van der Waals surface area contributed by atoms with Gasteiger partial charge in [-0.05, 0) is 73.8 Å². The summed E-state index contributed by atoms with van der Waals surface area (Å²) in [5, 5.41) is 7.26. The standard InChI is InChI=1S/C20H25N3S/c1-15-8-9-18(14-16(15)2)22-20(24)21-11-5-12-23-13-10-17-6-3-4-7-19(17)23/h3-4,6-9,14H,5,10-13H2,1-2H3,(H2,21,22,24). The normalized spacial score (nSPS) is 12.8. The maximum atomic E-state index is 5.39. The van der Waals surface area contributed by atoms with Gasteiger partial charge < -0.3 is 15.5 Å². The fourth-order valence-electron chi connectivity index (χ4n) is 3.11. The number of aryl methyl sites for hydroxylation is 2. The Morgan fingerprint density at radius 3 is 2.79 bits per heavy atom. The average Bonchev–Trinajstić information content (AvgIpc) is 2.98. The zero-order valence-corrected chi connectivity index (χ0v) is 15.2. The third-order valence-corrected chi connectivity index (χ3v) is 4.88. The van der Waals surface area contributed by atoms with Gasteiger partial charge in [0.2, 0.25) is 0 Å². The fourth-order valence-corrected chi connectivity index (χ4v) is 3.33. The van der Waals surface area contributed by atoms with E-state index in [1.54, 1.807) is 0 Å². The van der Waals surface area contributed by atoms with Crippen LogP contribution in [0.1, 0.15) is 23.1 Å². The molecule has 0 unspecified atom stereocenters. The van der Waals surface area contributed by atoms with Crippen LogP contribution in [0.4, 0.5) is 11.4 Å². The van der Waals surface area contributed by atoms with E-state index in [2.05, 4.69) is 71.8 Å². The number of hydrogen-bond donors (Lipinski definition) is 2. The maximum Gasteiger partial charge on any atom is 0.170 e. The molecule has 0 spiro atoms. The van der Waals surface area contributed by atoms with Gasteiger partial charge in [0.25, 0.3) is 0 Å². The summed E-state index contributed by atoms with van der Waals surface area (Å²) >= 11 is 5.39. The van der Waals surface area contributed by atoms with Crippen molar-refractivity contribution in [2.75, 3.05) is 29.9 Å². The second kappa shape index (κ2) is 7.67. The molecule has 2 aromatic rings. The Labute approximate surface area is 150 Å². The van der Waals surface area contributed by atoms with Gasteiger partial charge in [-0.1, -0.05) is 24.3 Å². The van der Waals surface area contributed by atoms with Gasteiger partial charge in [-0.2, -0.15) is 0 Å². The second-order valence-electron chi connectivity index (χ2n) is 6.40. The minimum atomic E-state index is 0.695. The van der Waals surface area contributed by atoms with Crippen molar-refractivity contribution in [2.45, 2.75) is 26.7 Å². The lowest BCUT2D eigenvalue weighted by atomic mass is 10.1. The van der Waals surface area contributed by atoms with E-state index in [1.165, 1.54) is 22.4 Å². The van der Waals surface area contributed by atoms with Crippen LogP contribution in [0.3, 0.4) is 0 Å². The lowest BCUT2D eigenvalue weighted by Crippen LogP contribution is -2.32. The van der Waals surface area contributed by atoms with Crippen molar-refractivity contribution in [1.82, 2.24) is 5.32 Å². The quantitative estimate of drug-likeness (QED) is 0.635. The molecule has 0 saturated heterocycles. The summed E-state index contributed by atoms with van der Waals surface area (Å²) in [6, 6.07) is 15.0. The molecule has 24 heavy (non-hydrogen) atoms. The van der Waals surface area contributed by atoms with Gasteiger partial charge in [0.05, 0.1) is 0 Å². The summed E-state index contributed by atoms with van der Waals surface area (Å²) in [6.07, 6.45) is 2.24. The molecule has 0 aromatic heterocycles. The Balaban J connectivity index is 1.40. The second-order valence-corrected chi connectivity index (χ2v) is 6.81. The highest BCUT2D eigenvalue weighted by atomic mass is 32.1. The number of para-hydroxylation sites is 1. The number of nitrogens with one attached hydrogen (secondary N) is 2. The van der Waals surface area contributed by atoms with Gasteiger partial charge >= 0.3 is 0 Å². The molecule has 3 nitrogen and oxygen atoms in total. The Morgan fingerprint density at radius 2 is 1.96 bits per heavy atom. The van der Waals surface area contributed by atoms with Gasteiger partial charge in [0.15, 0.2) is 5.11 Å². The van der Waals surface area contributed by atoms with Crippen molar-refractivity contribution in [3.05, 3.63) is 59.2 Å². The van der Waals surface area contributed by atoms with E-state index in [1.807, 2.05) is 0 Å². The summed E-state index contributed by atoms with van der Waals surface area (Å²) in [4.78, 5) is 2.47. The van der Waals surface area contributed by atoms with Gasteiger partial charge in [0, 0.05) is 31.0 Å². The van der Waals surface area contributed by atoms with Crippen LogP contribution in [0.5, 0.6) is 0 Å². The highest BCUT2D eigenvalue weighted by Crippen LogP contribution is 2.27. The summed E-state index contributed by atoms with van der Waals surface area (Å²) in [5.41, 5.74) is 6.48. The van der Waals surface area contributed by atoms with Gasteiger partial charge in [-0.25, -0.2) is 0 Å². The van der Waals surface area contributed by atoms with E-state index in [4.69, 9.17) is 12.2 Å². The summed E-state index contributed by atoms with van der Waals surface area (Å²) < 4.78 is 0. The summed E-state index contributed by atoms with van der Waals surface area (Å²) in [7, 11) is 0. The number of hydrogen-bond acceptors (Lipinski definition) is 2. The molecular weight excluding hydrogens is 314 g/mol. The molecule has 126 valence electrons. The van der Waals surface area contributed by atoms with Crippen LogP contribution >= 0.6 is 12.2 Å². The monoisotopic (exact) mass is 339 g/mol. The number of nitrogens with zero attached hydrogens (tertiary/aromatic N) is 1. The van der Waals surface area contributed by atoms with E-state index in [0.717, 1.165) is 38.2 Å². The van der Waals surface area contributed by atoms with Crippen LogP contribution in [0, 0.1) is 13.8 Å². The molecule has 1 aliphatic rings. The largest absolute Gasteiger partial charge is 0.371 e. The lowest BCUT2D eigenvalue weighted by molar-refractivity contribution is 0.730. The molecule has 1 heterocycles. The molecule has 0 atom stereocenters. The first-order valence-corrected chi connectivity index (χ1v) is 8.99. The highest BCUT2D eigenvalue weighted by Gasteiger charge is 2.17. The van der Waals surface area contributed by atoms with E-state index >= 15 is 0 Å². The fraction of sp³-hybridized carbons (Fsp3) is 0.350. The first kappa shape index (κ1) is 16.8. The van der Waals surface area contributed by atoms with Crippen LogP contribution < -0.4 is 15.5 Å². The molecule has 2 N–H and O–H groups in total. The maximum absolute atomic E-state index is 5.39. The summed E-state index contributed by atoms with van der Waals surface area (Å²) in [6.45, 7) is 7.31. The minimum absolute atomic E-state index is 0.695. The van der Waals surface area contributed by atoms with Crippen molar-refractivity contribution in [3.8, 4) is 0 Å². The smallest absolute Gasteiger partial charge is 0.170 e. The number of thiocarbonyl (C=S) groups is 1. The van der Waals surface area contributed by atoms with E-state index < -0.39 is 0 Å². The van der Waals surface area contributed by atoms with Crippen LogP contribution in [-0.2, 0) is 6.42 Å². The van der Waals surface area contributed by atoms with Crippen molar-refractivity contribution in [1.29, 1.82) is 0 Å². The van der Waals surface area contributed by atoms with Crippen LogP contribution in [0.2, 0.25) is 0 Å². The third-order valence-electron chi connectivity index (χ3n) is 4.64. The molecule has 4 heteroatoms. The van der Waals surface area contributed by atoms with Gasteiger partial charge in [-0.15, -0.1) is 0 Å².